The number of hydrogen-bond acceptors (Lipinski definition) is 1. The second kappa shape index (κ2) is 14.1. The Balaban J connectivity index is 1.93. The number of aryl methyl sites for hydroxylation is 1. The Morgan fingerprint density at radius 2 is 1.26 bits per heavy atom. The van der Waals surface area contributed by atoms with Gasteiger partial charge in [-0.15, -0.1) is 0 Å². The summed E-state index contributed by atoms with van der Waals surface area (Å²) in [6.45, 7) is 4.95. The van der Waals surface area contributed by atoms with Crippen LogP contribution in [0.2, 0.25) is 0 Å². The number of unbranched alkanes of at least 4 members (excludes halogenated alkanes) is 4. The molecule has 2 rings (SSSR count). The topological polar surface area (TPSA) is 9.23 Å². The molecule has 0 N–H and O–H groups in total. The molecular weight excluding hydrogens is 390 g/mol. The van der Waals surface area contributed by atoms with E-state index in [2.05, 4.69) is 37.5 Å². The summed E-state index contributed by atoms with van der Waals surface area (Å²) in [6.07, 6.45) is 7.93. The lowest BCUT2D eigenvalue weighted by molar-refractivity contribution is 0.309. The van der Waals surface area contributed by atoms with Crippen molar-refractivity contribution in [3.63, 3.8) is 0 Å². The van der Waals surface area contributed by atoms with E-state index in [1.807, 2.05) is 24.3 Å². The van der Waals surface area contributed by atoms with Crippen LogP contribution in [-0.4, -0.2) is 6.61 Å². The molecule has 0 saturated carbocycles. The number of halogens is 2. The van der Waals surface area contributed by atoms with Gasteiger partial charge in [0.25, 0.3) is 0 Å². The molecule has 0 fully saturated rings. The average Bonchev–Trinajstić information content (AvgIpc) is 2.80. The lowest BCUT2D eigenvalue weighted by atomic mass is 10.0. The van der Waals surface area contributed by atoms with Crippen LogP contribution in [0, 0.1) is 23.7 Å². The maximum Gasteiger partial charge on any atom is 0.217 e. The molecule has 0 aromatic heterocycles. The van der Waals surface area contributed by atoms with E-state index in [1.165, 1.54) is 24.8 Å². The van der Waals surface area contributed by atoms with Gasteiger partial charge in [0.1, 0.15) is 5.75 Å². The van der Waals surface area contributed by atoms with Crippen molar-refractivity contribution in [1.82, 2.24) is 0 Å². The maximum absolute atomic E-state index is 13.9. The van der Waals surface area contributed by atoms with E-state index >= 15 is 0 Å². The van der Waals surface area contributed by atoms with Gasteiger partial charge < -0.3 is 4.74 Å². The fourth-order valence-electron chi connectivity index (χ4n) is 2.84. The molecule has 2 aromatic rings. The zero-order valence-corrected chi connectivity index (χ0v) is 18.4. The fourth-order valence-corrected chi connectivity index (χ4v) is 2.84. The van der Waals surface area contributed by atoms with Gasteiger partial charge in [-0.05, 0) is 73.1 Å². The number of benzene rings is 2. The van der Waals surface area contributed by atoms with E-state index in [4.69, 9.17) is 4.74 Å². The molecule has 0 heterocycles. The van der Waals surface area contributed by atoms with E-state index in [0.29, 0.717) is 17.7 Å². The largest absolute Gasteiger partial charge is 0.494 e. The fraction of sp³-hybridized carbons (Fsp3) is 0.357. The van der Waals surface area contributed by atoms with Gasteiger partial charge in [0.2, 0.25) is 11.7 Å². The number of allylic oxidation sites excluding steroid dienone is 2. The third kappa shape index (κ3) is 9.54. The van der Waals surface area contributed by atoms with Crippen LogP contribution >= 0.6 is 0 Å². The summed E-state index contributed by atoms with van der Waals surface area (Å²) in [4.78, 5) is 0. The molecule has 162 valence electrons. The predicted molar refractivity (Wildman–Crippen MR) is 124 cm³/mol. The molecule has 0 aliphatic rings. The van der Waals surface area contributed by atoms with Crippen molar-refractivity contribution in [2.24, 2.45) is 0 Å². The predicted octanol–water partition coefficient (Wildman–Crippen LogP) is 7.54. The van der Waals surface area contributed by atoms with Crippen LogP contribution in [0.4, 0.5) is 8.78 Å². The zero-order chi connectivity index (χ0) is 22.3. The summed E-state index contributed by atoms with van der Waals surface area (Å²) in [5.41, 5.74) is 2.46. The first-order chi connectivity index (χ1) is 15.1. The van der Waals surface area contributed by atoms with Crippen molar-refractivity contribution < 1.29 is 13.5 Å². The van der Waals surface area contributed by atoms with Gasteiger partial charge >= 0.3 is 0 Å². The third-order valence-corrected chi connectivity index (χ3v) is 4.72. The van der Waals surface area contributed by atoms with Crippen molar-refractivity contribution in [3.8, 4) is 29.4 Å². The SMILES string of the molecule is CCCCCCc1ccc(C#C/C(F)=C(\F)C#Cc2ccc(OCCCC)cc2)cc1. The molecule has 3 heteroatoms. The van der Waals surface area contributed by atoms with Crippen molar-refractivity contribution in [2.75, 3.05) is 6.61 Å². The molecule has 0 aliphatic carbocycles. The summed E-state index contributed by atoms with van der Waals surface area (Å²) in [5.74, 6) is 8.09. The Bertz CT molecular complexity index is 949. The molecule has 0 bridgehead atoms. The highest BCUT2D eigenvalue weighted by molar-refractivity contribution is 5.46. The van der Waals surface area contributed by atoms with Crippen LogP contribution in [0.15, 0.2) is 60.2 Å². The maximum atomic E-state index is 13.9. The van der Waals surface area contributed by atoms with Crippen LogP contribution in [0.1, 0.15) is 69.1 Å². The van der Waals surface area contributed by atoms with E-state index in [1.54, 1.807) is 24.3 Å². The molecule has 0 amide bonds. The Morgan fingerprint density at radius 1 is 0.710 bits per heavy atom. The summed E-state index contributed by atoms with van der Waals surface area (Å²) in [6, 6.07) is 14.6. The summed E-state index contributed by atoms with van der Waals surface area (Å²) < 4.78 is 33.5. The minimum atomic E-state index is -1.16. The molecule has 2 aromatic carbocycles. The third-order valence-electron chi connectivity index (χ3n) is 4.72. The van der Waals surface area contributed by atoms with E-state index in [-0.39, 0.29) is 0 Å². The highest BCUT2D eigenvalue weighted by Crippen LogP contribution is 2.13. The smallest absolute Gasteiger partial charge is 0.217 e. The molecule has 0 aliphatic heterocycles. The van der Waals surface area contributed by atoms with Crippen molar-refractivity contribution in [3.05, 3.63) is 76.9 Å². The quantitative estimate of drug-likeness (QED) is 0.301. The monoisotopic (exact) mass is 420 g/mol. The molecule has 0 atom stereocenters. The number of ether oxygens (including phenoxy) is 1. The average molecular weight is 421 g/mol. The minimum absolute atomic E-state index is 0.577. The Labute approximate surface area is 185 Å². The first kappa shape index (κ1) is 24.2. The van der Waals surface area contributed by atoms with E-state index in [0.717, 1.165) is 31.4 Å². The highest BCUT2D eigenvalue weighted by atomic mass is 19.2. The van der Waals surface area contributed by atoms with Gasteiger partial charge in [-0.3, -0.25) is 0 Å². The van der Waals surface area contributed by atoms with Gasteiger partial charge in [-0.25, -0.2) is 0 Å². The van der Waals surface area contributed by atoms with Gasteiger partial charge in [0.15, 0.2) is 0 Å². The first-order valence-corrected chi connectivity index (χ1v) is 11.0. The summed E-state index contributed by atoms with van der Waals surface area (Å²) >= 11 is 0. The Hall–Kier alpha value is -3.04. The van der Waals surface area contributed by atoms with Crippen LogP contribution in [0.5, 0.6) is 5.75 Å². The van der Waals surface area contributed by atoms with Crippen LogP contribution < -0.4 is 4.74 Å². The summed E-state index contributed by atoms with van der Waals surface area (Å²) in [7, 11) is 0. The highest BCUT2D eigenvalue weighted by Gasteiger charge is 2.00. The van der Waals surface area contributed by atoms with Crippen LogP contribution in [0.25, 0.3) is 0 Å². The normalized spacial score (nSPS) is 11.0. The van der Waals surface area contributed by atoms with Crippen LogP contribution in [0.3, 0.4) is 0 Å². The van der Waals surface area contributed by atoms with Gasteiger partial charge in [0.05, 0.1) is 6.61 Å². The second-order valence-electron chi connectivity index (χ2n) is 7.36. The molecule has 0 saturated heterocycles. The molecule has 0 unspecified atom stereocenters. The van der Waals surface area contributed by atoms with Crippen molar-refractivity contribution in [2.45, 2.75) is 58.8 Å². The molecule has 1 nitrogen and oxygen atoms in total. The molecule has 31 heavy (non-hydrogen) atoms. The van der Waals surface area contributed by atoms with E-state index < -0.39 is 11.7 Å². The van der Waals surface area contributed by atoms with Gasteiger partial charge in [0, 0.05) is 11.1 Å². The van der Waals surface area contributed by atoms with Gasteiger partial charge in [-0.1, -0.05) is 63.5 Å². The Morgan fingerprint density at radius 3 is 1.81 bits per heavy atom. The second-order valence-corrected chi connectivity index (χ2v) is 7.36. The standard InChI is InChI=1S/C28H30F2O/c1-3-5-7-8-9-23-10-12-24(13-11-23)16-20-27(29)28(30)21-17-25-14-18-26(19-15-25)31-22-6-4-2/h10-15,18-19H,3-9,22H2,1-2H3/b28-27+. The molecule has 0 spiro atoms. The van der Waals surface area contributed by atoms with Crippen molar-refractivity contribution >= 4 is 0 Å². The Kier molecular flexibility index (Phi) is 11.0. The van der Waals surface area contributed by atoms with Crippen molar-refractivity contribution in [1.29, 1.82) is 0 Å². The van der Waals surface area contributed by atoms with Crippen LogP contribution in [-0.2, 0) is 6.42 Å². The van der Waals surface area contributed by atoms with Gasteiger partial charge in [-0.2, -0.15) is 8.78 Å². The van der Waals surface area contributed by atoms with E-state index in [9.17, 15) is 8.78 Å². The minimum Gasteiger partial charge on any atom is -0.494 e. The number of rotatable bonds is 9. The lowest BCUT2D eigenvalue weighted by Gasteiger charge is -2.04. The lowest BCUT2D eigenvalue weighted by Crippen LogP contribution is -1.95. The first-order valence-electron chi connectivity index (χ1n) is 11.0. The zero-order valence-electron chi connectivity index (χ0n) is 18.4. The summed E-state index contributed by atoms with van der Waals surface area (Å²) in [5, 5.41) is 0. The number of hydrogen-bond donors (Lipinski definition) is 0. The molecule has 0 radical (unpaired) electrons. The molecular formula is C28H30F2O.